The van der Waals surface area contributed by atoms with Crippen LogP contribution in [0.3, 0.4) is 0 Å². The van der Waals surface area contributed by atoms with Gasteiger partial charge in [-0.25, -0.2) is 0 Å². The summed E-state index contributed by atoms with van der Waals surface area (Å²) >= 11 is 6.12. The molecule has 32 heavy (non-hydrogen) atoms. The van der Waals surface area contributed by atoms with Crippen molar-refractivity contribution in [3.05, 3.63) is 89.2 Å². The lowest BCUT2D eigenvalue weighted by Gasteiger charge is -2.09. The van der Waals surface area contributed by atoms with Crippen LogP contribution in [0.1, 0.15) is 11.1 Å². The molecule has 0 saturated carbocycles. The summed E-state index contributed by atoms with van der Waals surface area (Å²) in [5.41, 5.74) is 1.62. The predicted octanol–water partition coefficient (Wildman–Crippen LogP) is 6.26. The standard InChI is InChI=1S/C23H15ClF3N3O2/c24-18-4-2-1-3-16(18)13-19(31)29-22-20(14-9-11-28-12-10-14)21(30-32-22)15-5-7-17(8-6-15)23(25,26)27/h1-12H,13H2,(H,29,31). The number of nitrogens with zero attached hydrogens (tertiary/aromatic N) is 2. The minimum atomic E-state index is -4.45. The summed E-state index contributed by atoms with van der Waals surface area (Å²) in [5.74, 6) is -0.313. The first kappa shape index (κ1) is 21.6. The van der Waals surface area contributed by atoms with Gasteiger partial charge in [-0.3, -0.25) is 15.1 Å². The average Bonchev–Trinajstić information content (AvgIpc) is 3.19. The van der Waals surface area contributed by atoms with Gasteiger partial charge in [0.05, 0.1) is 17.5 Å². The second-order valence-electron chi connectivity index (χ2n) is 6.86. The Morgan fingerprint density at radius 1 is 0.969 bits per heavy atom. The number of anilines is 1. The Labute approximate surface area is 185 Å². The summed E-state index contributed by atoms with van der Waals surface area (Å²) < 4.78 is 44.2. The highest BCUT2D eigenvalue weighted by molar-refractivity contribution is 6.31. The van der Waals surface area contributed by atoms with Crippen molar-refractivity contribution in [3.8, 4) is 22.4 Å². The van der Waals surface area contributed by atoms with E-state index in [1.807, 2.05) is 0 Å². The third-order valence-corrected chi connectivity index (χ3v) is 5.08. The number of aromatic nitrogens is 2. The summed E-state index contributed by atoms with van der Waals surface area (Å²) in [6.45, 7) is 0. The maximum atomic E-state index is 12.9. The zero-order chi connectivity index (χ0) is 22.7. The van der Waals surface area contributed by atoms with Crippen LogP contribution in [0.15, 0.2) is 77.6 Å². The lowest BCUT2D eigenvalue weighted by Crippen LogP contribution is -2.14. The maximum Gasteiger partial charge on any atom is 0.416 e. The van der Waals surface area contributed by atoms with Crippen LogP contribution in [-0.2, 0) is 17.4 Å². The number of pyridine rings is 1. The van der Waals surface area contributed by atoms with Crippen molar-refractivity contribution >= 4 is 23.4 Å². The molecule has 0 atom stereocenters. The number of amides is 1. The highest BCUT2D eigenvalue weighted by Crippen LogP contribution is 2.39. The van der Waals surface area contributed by atoms with Crippen LogP contribution in [-0.4, -0.2) is 16.0 Å². The van der Waals surface area contributed by atoms with E-state index in [2.05, 4.69) is 15.5 Å². The van der Waals surface area contributed by atoms with Crippen LogP contribution in [0, 0.1) is 0 Å². The number of alkyl halides is 3. The topological polar surface area (TPSA) is 68.0 Å². The van der Waals surface area contributed by atoms with Gasteiger partial charge in [-0.05, 0) is 41.5 Å². The van der Waals surface area contributed by atoms with Gasteiger partial charge in [-0.1, -0.05) is 47.1 Å². The van der Waals surface area contributed by atoms with E-state index in [9.17, 15) is 18.0 Å². The van der Waals surface area contributed by atoms with Gasteiger partial charge in [0, 0.05) is 23.0 Å². The van der Waals surface area contributed by atoms with Gasteiger partial charge in [-0.2, -0.15) is 13.2 Å². The monoisotopic (exact) mass is 457 g/mol. The second kappa shape index (κ2) is 8.84. The van der Waals surface area contributed by atoms with E-state index in [0.717, 1.165) is 12.1 Å². The molecule has 5 nitrogen and oxygen atoms in total. The third-order valence-electron chi connectivity index (χ3n) is 4.71. The van der Waals surface area contributed by atoms with Crippen LogP contribution in [0.4, 0.5) is 19.1 Å². The average molecular weight is 458 g/mol. The molecule has 0 spiro atoms. The van der Waals surface area contributed by atoms with Gasteiger partial charge >= 0.3 is 6.18 Å². The molecule has 4 aromatic rings. The first-order valence-electron chi connectivity index (χ1n) is 9.44. The number of hydrogen-bond donors (Lipinski definition) is 1. The number of hydrogen-bond acceptors (Lipinski definition) is 4. The molecule has 0 aliphatic heterocycles. The summed E-state index contributed by atoms with van der Waals surface area (Å²) in [4.78, 5) is 16.6. The normalized spacial score (nSPS) is 11.4. The molecule has 162 valence electrons. The first-order chi connectivity index (χ1) is 15.3. The highest BCUT2D eigenvalue weighted by atomic mass is 35.5. The lowest BCUT2D eigenvalue weighted by molar-refractivity contribution is -0.137. The molecule has 0 saturated heterocycles. The quantitative estimate of drug-likeness (QED) is 0.384. The smallest absolute Gasteiger partial charge is 0.337 e. The number of carbonyl (C=O) groups excluding carboxylic acids is 1. The van der Waals surface area contributed by atoms with Crippen molar-refractivity contribution in [1.29, 1.82) is 0 Å². The SMILES string of the molecule is O=C(Cc1ccccc1Cl)Nc1onc(-c2ccc(C(F)(F)F)cc2)c1-c1ccncc1. The van der Waals surface area contributed by atoms with E-state index in [0.29, 0.717) is 27.3 Å². The second-order valence-corrected chi connectivity index (χ2v) is 7.27. The molecule has 0 bridgehead atoms. The van der Waals surface area contributed by atoms with Crippen LogP contribution >= 0.6 is 11.6 Å². The van der Waals surface area contributed by atoms with Crippen molar-refractivity contribution in [2.24, 2.45) is 0 Å². The van der Waals surface area contributed by atoms with Crippen molar-refractivity contribution in [1.82, 2.24) is 10.1 Å². The molecule has 0 unspecified atom stereocenters. The lowest BCUT2D eigenvalue weighted by atomic mass is 10.0. The van der Waals surface area contributed by atoms with E-state index < -0.39 is 11.7 Å². The predicted molar refractivity (Wildman–Crippen MR) is 114 cm³/mol. The van der Waals surface area contributed by atoms with Crippen LogP contribution in [0.25, 0.3) is 22.4 Å². The summed E-state index contributed by atoms with van der Waals surface area (Å²) in [5, 5.41) is 7.16. The molecule has 9 heteroatoms. The van der Waals surface area contributed by atoms with E-state index in [-0.39, 0.29) is 23.9 Å². The van der Waals surface area contributed by atoms with E-state index >= 15 is 0 Å². The van der Waals surface area contributed by atoms with Crippen molar-refractivity contribution in [2.45, 2.75) is 12.6 Å². The van der Waals surface area contributed by atoms with Crippen LogP contribution in [0.5, 0.6) is 0 Å². The fraction of sp³-hybridized carbons (Fsp3) is 0.0870. The van der Waals surface area contributed by atoms with Crippen LogP contribution in [0.2, 0.25) is 5.02 Å². The van der Waals surface area contributed by atoms with E-state index in [1.54, 1.807) is 48.8 Å². The van der Waals surface area contributed by atoms with Gasteiger partial charge < -0.3 is 4.52 Å². The molecule has 1 N–H and O–H groups in total. The molecule has 2 aromatic heterocycles. The largest absolute Gasteiger partial charge is 0.416 e. The Hall–Kier alpha value is -3.65. The first-order valence-corrected chi connectivity index (χ1v) is 9.81. The molecular weight excluding hydrogens is 443 g/mol. The Bertz CT molecular complexity index is 1240. The molecule has 4 rings (SSSR count). The van der Waals surface area contributed by atoms with E-state index in [1.165, 1.54) is 12.1 Å². The van der Waals surface area contributed by atoms with E-state index in [4.69, 9.17) is 16.1 Å². The maximum absolute atomic E-state index is 12.9. The van der Waals surface area contributed by atoms with Gasteiger partial charge in [0.1, 0.15) is 5.69 Å². The number of benzene rings is 2. The van der Waals surface area contributed by atoms with Gasteiger partial charge in [0.2, 0.25) is 11.8 Å². The van der Waals surface area contributed by atoms with Crippen molar-refractivity contribution in [3.63, 3.8) is 0 Å². The molecule has 0 fully saturated rings. The zero-order valence-corrected chi connectivity index (χ0v) is 17.1. The Kier molecular flexibility index (Phi) is 5.96. The molecule has 0 radical (unpaired) electrons. The molecular formula is C23H15ClF3N3O2. The van der Waals surface area contributed by atoms with Gasteiger partial charge in [-0.15, -0.1) is 0 Å². The highest BCUT2D eigenvalue weighted by Gasteiger charge is 2.30. The van der Waals surface area contributed by atoms with Crippen LogP contribution < -0.4 is 5.32 Å². The number of nitrogens with one attached hydrogen (secondary N) is 1. The van der Waals surface area contributed by atoms with Crippen molar-refractivity contribution in [2.75, 3.05) is 5.32 Å². The fourth-order valence-corrected chi connectivity index (χ4v) is 3.36. The van der Waals surface area contributed by atoms with Gasteiger partial charge in [0.25, 0.3) is 0 Å². The van der Waals surface area contributed by atoms with Crippen molar-refractivity contribution < 1.29 is 22.5 Å². The summed E-state index contributed by atoms with van der Waals surface area (Å²) in [6, 6.07) is 14.9. The molecule has 0 aliphatic carbocycles. The fourth-order valence-electron chi connectivity index (χ4n) is 3.16. The summed E-state index contributed by atoms with van der Waals surface area (Å²) in [7, 11) is 0. The molecule has 2 aromatic carbocycles. The molecule has 2 heterocycles. The Balaban J connectivity index is 1.69. The summed E-state index contributed by atoms with van der Waals surface area (Å²) in [6.07, 6.45) is -1.34. The number of carbonyl (C=O) groups is 1. The minimum absolute atomic E-state index is 0.00573. The Morgan fingerprint density at radius 3 is 2.31 bits per heavy atom. The minimum Gasteiger partial charge on any atom is -0.337 e. The third kappa shape index (κ3) is 4.65. The van der Waals surface area contributed by atoms with Gasteiger partial charge in [0.15, 0.2) is 0 Å². The number of halogens is 4. The zero-order valence-electron chi connectivity index (χ0n) is 16.4. The Morgan fingerprint density at radius 2 is 1.66 bits per heavy atom. The number of rotatable bonds is 5. The molecule has 0 aliphatic rings. The molecule has 1 amide bonds.